The number of carbonyl (C=O) groups is 1. The smallest absolute Gasteiger partial charge is 0.230 e. The second-order valence-corrected chi connectivity index (χ2v) is 6.48. The highest BCUT2D eigenvalue weighted by atomic mass is 32.1. The van der Waals surface area contributed by atoms with Gasteiger partial charge in [0.25, 0.3) is 0 Å². The molecular weight excluding hydrogens is 323 g/mol. The van der Waals surface area contributed by atoms with Gasteiger partial charge in [-0.05, 0) is 43.2 Å². The summed E-state index contributed by atoms with van der Waals surface area (Å²) in [6.07, 6.45) is 0.194. The number of halogens is 1. The number of hydrogen-bond acceptors (Lipinski definition) is 3. The SMILES string of the molecule is Cc1cccc(NC(=O)Cc2csc(-c3cccc(F)c3)n2)c1C. The van der Waals surface area contributed by atoms with Gasteiger partial charge in [0.2, 0.25) is 5.91 Å². The van der Waals surface area contributed by atoms with Gasteiger partial charge in [-0.25, -0.2) is 9.37 Å². The van der Waals surface area contributed by atoms with Gasteiger partial charge in [0.1, 0.15) is 10.8 Å². The van der Waals surface area contributed by atoms with E-state index in [-0.39, 0.29) is 18.1 Å². The number of benzene rings is 2. The summed E-state index contributed by atoms with van der Waals surface area (Å²) in [7, 11) is 0. The summed E-state index contributed by atoms with van der Waals surface area (Å²) < 4.78 is 13.3. The van der Waals surface area contributed by atoms with Crippen molar-refractivity contribution in [2.24, 2.45) is 0 Å². The highest BCUT2D eigenvalue weighted by Crippen LogP contribution is 2.25. The lowest BCUT2D eigenvalue weighted by Gasteiger charge is -2.09. The Balaban J connectivity index is 1.70. The number of hydrogen-bond donors (Lipinski definition) is 1. The van der Waals surface area contributed by atoms with Crippen LogP contribution < -0.4 is 5.32 Å². The molecule has 0 aliphatic rings. The van der Waals surface area contributed by atoms with E-state index >= 15 is 0 Å². The van der Waals surface area contributed by atoms with Crippen LogP contribution in [-0.2, 0) is 11.2 Å². The van der Waals surface area contributed by atoms with Crippen molar-refractivity contribution in [3.8, 4) is 10.6 Å². The first-order valence-electron chi connectivity index (χ1n) is 7.59. The number of nitrogens with zero attached hydrogens (tertiary/aromatic N) is 1. The van der Waals surface area contributed by atoms with E-state index < -0.39 is 0 Å². The topological polar surface area (TPSA) is 42.0 Å². The Bertz CT molecular complexity index is 889. The molecule has 0 saturated heterocycles. The molecule has 0 aliphatic heterocycles. The van der Waals surface area contributed by atoms with E-state index in [0.29, 0.717) is 10.7 Å². The Morgan fingerprint density at radius 1 is 1.21 bits per heavy atom. The predicted octanol–water partition coefficient (Wildman–Crippen LogP) is 4.75. The van der Waals surface area contributed by atoms with Gasteiger partial charge in [0.05, 0.1) is 12.1 Å². The van der Waals surface area contributed by atoms with Crippen molar-refractivity contribution in [2.75, 3.05) is 5.32 Å². The second-order valence-electron chi connectivity index (χ2n) is 5.63. The average molecular weight is 340 g/mol. The molecule has 5 heteroatoms. The summed E-state index contributed by atoms with van der Waals surface area (Å²) >= 11 is 1.41. The molecule has 0 bridgehead atoms. The zero-order valence-electron chi connectivity index (χ0n) is 13.5. The molecule has 2 aromatic carbocycles. The fraction of sp³-hybridized carbons (Fsp3) is 0.158. The summed E-state index contributed by atoms with van der Waals surface area (Å²) in [5, 5.41) is 5.47. The van der Waals surface area contributed by atoms with Crippen molar-refractivity contribution < 1.29 is 9.18 Å². The highest BCUT2D eigenvalue weighted by Gasteiger charge is 2.11. The van der Waals surface area contributed by atoms with Crippen LogP contribution in [0, 0.1) is 19.7 Å². The first-order chi connectivity index (χ1) is 11.5. The van der Waals surface area contributed by atoms with E-state index in [1.165, 1.54) is 23.5 Å². The van der Waals surface area contributed by atoms with E-state index in [2.05, 4.69) is 10.3 Å². The van der Waals surface area contributed by atoms with Crippen LogP contribution >= 0.6 is 11.3 Å². The third-order valence-corrected chi connectivity index (χ3v) is 4.78. The van der Waals surface area contributed by atoms with Crippen LogP contribution in [0.1, 0.15) is 16.8 Å². The first kappa shape index (κ1) is 16.3. The molecule has 3 rings (SSSR count). The largest absolute Gasteiger partial charge is 0.325 e. The maximum absolute atomic E-state index is 13.3. The number of rotatable bonds is 4. The molecular formula is C19H17FN2OS. The van der Waals surface area contributed by atoms with Gasteiger partial charge in [0.15, 0.2) is 0 Å². The third kappa shape index (κ3) is 3.68. The van der Waals surface area contributed by atoms with Crippen LogP contribution in [0.4, 0.5) is 10.1 Å². The van der Waals surface area contributed by atoms with Crippen molar-refractivity contribution in [3.63, 3.8) is 0 Å². The van der Waals surface area contributed by atoms with Crippen LogP contribution in [0.25, 0.3) is 10.6 Å². The van der Waals surface area contributed by atoms with Crippen LogP contribution in [0.3, 0.4) is 0 Å². The molecule has 0 spiro atoms. The number of thiazole rings is 1. The summed E-state index contributed by atoms with van der Waals surface area (Å²) in [4.78, 5) is 16.7. The molecule has 0 fully saturated rings. The lowest BCUT2D eigenvalue weighted by Crippen LogP contribution is -2.15. The molecule has 0 atom stereocenters. The molecule has 0 aliphatic carbocycles. The normalized spacial score (nSPS) is 10.6. The van der Waals surface area contributed by atoms with Crippen molar-refractivity contribution in [1.82, 2.24) is 4.98 Å². The molecule has 24 heavy (non-hydrogen) atoms. The van der Waals surface area contributed by atoms with Gasteiger partial charge in [-0.1, -0.05) is 24.3 Å². The van der Waals surface area contributed by atoms with Crippen molar-refractivity contribution >= 4 is 22.9 Å². The fourth-order valence-corrected chi connectivity index (χ4v) is 3.20. The Hall–Kier alpha value is -2.53. The van der Waals surface area contributed by atoms with Gasteiger partial charge < -0.3 is 5.32 Å². The van der Waals surface area contributed by atoms with Gasteiger partial charge in [-0.3, -0.25) is 4.79 Å². The third-order valence-electron chi connectivity index (χ3n) is 3.84. The minimum absolute atomic E-state index is 0.111. The maximum Gasteiger partial charge on any atom is 0.230 e. The number of anilines is 1. The number of carbonyl (C=O) groups excluding carboxylic acids is 1. The number of aromatic nitrogens is 1. The van der Waals surface area contributed by atoms with Gasteiger partial charge in [-0.15, -0.1) is 11.3 Å². The minimum atomic E-state index is -0.295. The molecule has 3 aromatic rings. The molecule has 1 N–H and O–H groups in total. The van der Waals surface area contributed by atoms with Crippen molar-refractivity contribution in [3.05, 3.63) is 70.5 Å². The van der Waals surface area contributed by atoms with Crippen LogP contribution in [0.15, 0.2) is 47.8 Å². The first-order valence-corrected chi connectivity index (χ1v) is 8.47. The average Bonchev–Trinajstić information content (AvgIpc) is 3.00. The highest BCUT2D eigenvalue weighted by molar-refractivity contribution is 7.13. The van der Waals surface area contributed by atoms with Gasteiger partial charge >= 0.3 is 0 Å². The van der Waals surface area contributed by atoms with Gasteiger partial charge in [-0.2, -0.15) is 0 Å². The summed E-state index contributed by atoms with van der Waals surface area (Å²) in [6.45, 7) is 3.99. The molecule has 1 heterocycles. The lowest BCUT2D eigenvalue weighted by atomic mass is 10.1. The van der Waals surface area contributed by atoms with E-state index in [0.717, 1.165) is 22.4 Å². The van der Waals surface area contributed by atoms with Crippen LogP contribution in [0.5, 0.6) is 0 Å². The Labute approximate surface area is 144 Å². The lowest BCUT2D eigenvalue weighted by molar-refractivity contribution is -0.115. The summed E-state index contributed by atoms with van der Waals surface area (Å²) in [6, 6.07) is 12.1. The molecule has 0 radical (unpaired) electrons. The van der Waals surface area contributed by atoms with Crippen LogP contribution in [0.2, 0.25) is 0 Å². The van der Waals surface area contributed by atoms with Crippen molar-refractivity contribution in [2.45, 2.75) is 20.3 Å². The van der Waals surface area contributed by atoms with Crippen LogP contribution in [-0.4, -0.2) is 10.9 Å². The zero-order chi connectivity index (χ0) is 17.1. The van der Waals surface area contributed by atoms with E-state index in [9.17, 15) is 9.18 Å². The summed E-state index contributed by atoms with van der Waals surface area (Å²) in [5.74, 6) is -0.406. The second kappa shape index (κ2) is 6.93. The van der Waals surface area contributed by atoms with Crippen molar-refractivity contribution in [1.29, 1.82) is 0 Å². The Morgan fingerprint density at radius 2 is 2.00 bits per heavy atom. The molecule has 122 valence electrons. The fourth-order valence-electron chi connectivity index (χ4n) is 2.39. The van der Waals surface area contributed by atoms with E-state index in [4.69, 9.17) is 0 Å². The number of nitrogens with one attached hydrogen (secondary N) is 1. The van der Waals surface area contributed by atoms with E-state index in [1.54, 1.807) is 6.07 Å². The Kier molecular flexibility index (Phi) is 4.71. The predicted molar refractivity (Wildman–Crippen MR) is 95.8 cm³/mol. The molecule has 1 aromatic heterocycles. The minimum Gasteiger partial charge on any atom is -0.325 e. The van der Waals surface area contributed by atoms with E-state index in [1.807, 2.05) is 43.5 Å². The molecule has 1 amide bonds. The maximum atomic E-state index is 13.3. The number of amides is 1. The Morgan fingerprint density at radius 3 is 2.79 bits per heavy atom. The van der Waals surface area contributed by atoms with Gasteiger partial charge in [0, 0.05) is 16.6 Å². The summed E-state index contributed by atoms with van der Waals surface area (Å²) in [5.41, 5.74) is 4.42. The molecule has 0 saturated carbocycles. The molecule has 3 nitrogen and oxygen atoms in total. The standard InChI is InChI=1S/C19H17FN2OS/c1-12-5-3-8-17(13(12)2)22-18(23)10-16-11-24-19(21-16)14-6-4-7-15(20)9-14/h3-9,11H,10H2,1-2H3,(H,22,23). The monoisotopic (exact) mass is 340 g/mol. The molecule has 0 unspecified atom stereocenters. The number of aryl methyl sites for hydroxylation is 1. The zero-order valence-corrected chi connectivity index (χ0v) is 14.3. The quantitative estimate of drug-likeness (QED) is 0.745.